The monoisotopic (exact) mass is 448 g/mol. The van der Waals surface area contributed by atoms with Gasteiger partial charge in [0.25, 0.3) is 0 Å². The van der Waals surface area contributed by atoms with Crippen molar-refractivity contribution in [2.24, 2.45) is 0 Å². The number of nitrogens with zero attached hydrogens (tertiary/aromatic N) is 2. The minimum atomic E-state index is -5.20. The zero-order valence-electron chi connectivity index (χ0n) is 15.4. The fourth-order valence-electron chi connectivity index (χ4n) is 3.56. The number of rotatable bonds is 2. The van der Waals surface area contributed by atoms with Crippen LogP contribution in [-0.4, -0.2) is 12.5 Å². The Hall–Kier alpha value is -3.16. The Bertz CT molecular complexity index is 1070. The molecule has 2 aromatic carbocycles. The van der Waals surface area contributed by atoms with E-state index in [0.29, 0.717) is 23.1 Å². The molecule has 11 heteroatoms. The maximum atomic E-state index is 13.7. The molecule has 0 fully saturated rings. The normalized spacial score (nSPS) is 17.2. The Morgan fingerprint density at radius 2 is 1.65 bits per heavy atom. The van der Waals surface area contributed by atoms with Gasteiger partial charge in [0.1, 0.15) is 6.54 Å². The van der Waals surface area contributed by atoms with Gasteiger partial charge in [-0.25, -0.2) is 8.78 Å². The van der Waals surface area contributed by atoms with Crippen LogP contribution >= 0.6 is 0 Å². The molecule has 0 N–H and O–H groups in total. The van der Waals surface area contributed by atoms with Gasteiger partial charge in [-0.15, -0.1) is 0 Å². The molecule has 0 bridgehead atoms. The maximum absolute atomic E-state index is 13.7. The van der Waals surface area contributed by atoms with E-state index < -0.39 is 59.0 Å². The highest BCUT2D eigenvalue weighted by molar-refractivity contribution is 6.00. The molecule has 3 rings (SSSR count). The molecular weight excluding hydrogens is 436 g/mol. The number of carbonyl (C=O) groups is 1. The van der Waals surface area contributed by atoms with Crippen LogP contribution in [0.4, 0.5) is 40.8 Å². The fraction of sp³-hybridized carbons (Fsp3) is 0.300. The average Bonchev–Trinajstić information content (AvgIpc) is 2.78. The van der Waals surface area contributed by atoms with Gasteiger partial charge in [0.05, 0.1) is 28.8 Å². The third kappa shape index (κ3) is 4.33. The Kier molecular flexibility index (Phi) is 5.69. The van der Waals surface area contributed by atoms with Crippen molar-refractivity contribution in [3.63, 3.8) is 0 Å². The molecule has 0 saturated carbocycles. The van der Waals surface area contributed by atoms with E-state index in [1.807, 2.05) is 0 Å². The minimum absolute atomic E-state index is 0.0748. The van der Waals surface area contributed by atoms with E-state index in [0.717, 1.165) is 6.07 Å². The maximum Gasteiger partial charge on any atom is 0.416 e. The van der Waals surface area contributed by atoms with Gasteiger partial charge in [-0.3, -0.25) is 9.69 Å². The molecule has 1 unspecified atom stereocenters. The highest BCUT2D eigenvalue weighted by Gasteiger charge is 2.42. The van der Waals surface area contributed by atoms with Crippen molar-refractivity contribution in [3.05, 3.63) is 64.2 Å². The van der Waals surface area contributed by atoms with Crippen molar-refractivity contribution in [1.82, 2.24) is 0 Å². The molecule has 1 amide bonds. The van der Waals surface area contributed by atoms with Crippen LogP contribution < -0.4 is 4.90 Å². The van der Waals surface area contributed by atoms with Crippen LogP contribution in [0.2, 0.25) is 0 Å². The van der Waals surface area contributed by atoms with Gasteiger partial charge < -0.3 is 0 Å². The summed E-state index contributed by atoms with van der Waals surface area (Å²) in [6, 6.07) is 4.02. The number of benzene rings is 2. The van der Waals surface area contributed by atoms with Crippen LogP contribution in [0.1, 0.15) is 34.6 Å². The van der Waals surface area contributed by atoms with Crippen molar-refractivity contribution in [2.45, 2.75) is 31.1 Å². The van der Waals surface area contributed by atoms with Gasteiger partial charge in [0.15, 0.2) is 11.6 Å². The fourth-order valence-corrected chi connectivity index (χ4v) is 3.56. The van der Waals surface area contributed by atoms with Crippen LogP contribution in [0.5, 0.6) is 0 Å². The number of alkyl halides is 6. The van der Waals surface area contributed by atoms with Gasteiger partial charge in [-0.05, 0) is 42.2 Å². The Balaban J connectivity index is 2.16. The van der Waals surface area contributed by atoms with E-state index in [1.54, 1.807) is 6.07 Å². The summed E-state index contributed by atoms with van der Waals surface area (Å²) in [7, 11) is 0. The van der Waals surface area contributed by atoms with Crippen molar-refractivity contribution in [1.29, 1.82) is 5.26 Å². The molecule has 31 heavy (non-hydrogen) atoms. The number of fused-ring (bicyclic) bond motifs is 1. The number of anilines is 1. The van der Waals surface area contributed by atoms with Crippen molar-refractivity contribution >= 4 is 11.6 Å². The molecule has 1 aliphatic rings. The first-order valence-corrected chi connectivity index (χ1v) is 8.79. The second-order valence-electron chi connectivity index (χ2n) is 6.87. The molecule has 2 aromatic rings. The number of hydrogen-bond donors (Lipinski definition) is 0. The van der Waals surface area contributed by atoms with E-state index in [-0.39, 0.29) is 30.2 Å². The van der Waals surface area contributed by atoms with Crippen LogP contribution in [-0.2, 0) is 23.6 Å². The number of nitriles is 1. The lowest BCUT2D eigenvalue weighted by atomic mass is 9.88. The molecule has 164 valence electrons. The summed E-state index contributed by atoms with van der Waals surface area (Å²) < 4.78 is 107. The number of aryl methyl sites for hydroxylation is 1. The summed E-state index contributed by atoms with van der Waals surface area (Å²) in [4.78, 5) is 13.7. The lowest BCUT2D eigenvalue weighted by Gasteiger charge is -2.26. The Labute approximate surface area is 170 Å². The summed E-state index contributed by atoms with van der Waals surface area (Å²) >= 11 is 0. The van der Waals surface area contributed by atoms with E-state index >= 15 is 0 Å². The summed E-state index contributed by atoms with van der Waals surface area (Å²) in [5.41, 5.74) is -3.96. The zero-order valence-corrected chi connectivity index (χ0v) is 15.4. The summed E-state index contributed by atoms with van der Waals surface area (Å²) in [6.07, 6.45) is -10.7. The number of hydrogen-bond acceptors (Lipinski definition) is 2. The SMILES string of the molecule is N#CCN1C(=O)C(c2ccc(C(F)(F)F)cc2C(F)(F)F)CCc2cc(F)c(F)cc21. The third-order valence-electron chi connectivity index (χ3n) is 4.97. The van der Waals surface area contributed by atoms with Crippen molar-refractivity contribution in [3.8, 4) is 6.07 Å². The average molecular weight is 448 g/mol. The van der Waals surface area contributed by atoms with Gasteiger partial charge in [-0.2, -0.15) is 31.6 Å². The lowest BCUT2D eigenvalue weighted by molar-refractivity contribution is -0.143. The summed E-state index contributed by atoms with van der Waals surface area (Å²) in [6.45, 7) is -0.671. The van der Waals surface area contributed by atoms with Gasteiger partial charge >= 0.3 is 12.4 Å². The van der Waals surface area contributed by atoms with Gasteiger partial charge in [-0.1, -0.05) is 6.07 Å². The Morgan fingerprint density at radius 1 is 1.00 bits per heavy atom. The second kappa shape index (κ2) is 7.83. The van der Waals surface area contributed by atoms with Crippen LogP contribution in [0.15, 0.2) is 30.3 Å². The molecule has 1 heterocycles. The number of carbonyl (C=O) groups excluding carboxylic acids is 1. The second-order valence-corrected chi connectivity index (χ2v) is 6.87. The Morgan fingerprint density at radius 3 is 2.23 bits per heavy atom. The molecule has 0 spiro atoms. The number of amides is 1. The van der Waals surface area contributed by atoms with Crippen LogP contribution in [0.3, 0.4) is 0 Å². The first kappa shape index (κ1) is 22.5. The van der Waals surface area contributed by atoms with Gasteiger partial charge in [0.2, 0.25) is 5.91 Å². The molecule has 3 nitrogen and oxygen atoms in total. The predicted octanol–water partition coefficient (Wildman–Crippen LogP) is 5.59. The highest BCUT2D eigenvalue weighted by Crippen LogP contribution is 2.43. The molecule has 0 aliphatic carbocycles. The third-order valence-corrected chi connectivity index (χ3v) is 4.97. The first-order chi connectivity index (χ1) is 14.3. The zero-order chi connectivity index (χ0) is 23.1. The molecule has 1 aliphatic heterocycles. The minimum Gasteiger partial charge on any atom is -0.298 e. The predicted molar refractivity (Wildman–Crippen MR) is 91.8 cm³/mol. The van der Waals surface area contributed by atoms with E-state index in [2.05, 4.69) is 0 Å². The van der Waals surface area contributed by atoms with Crippen LogP contribution in [0, 0.1) is 23.0 Å². The van der Waals surface area contributed by atoms with Crippen LogP contribution in [0.25, 0.3) is 0 Å². The van der Waals surface area contributed by atoms with E-state index in [4.69, 9.17) is 5.26 Å². The molecule has 1 atom stereocenters. The highest BCUT2D eigenvalue weighted by atomic mass is 19.4. The summed E-state index contributed by atoms with van der Waals surface area (Å²) in [5, 5.41) is 9.03. The topological polar surface area (TPSA) is 44.1 Å². The van der Waals surface area contributed by atoms with Gasteiger partial charge in [0, 0.05) is 6.07 Å². The molecule has 0 aromatic heterocycles. The van der Waals surface area contributed by atoms with Crippen molar-refractivity contribution in [2.75, 3.05) is 11.4 Å². The standard InChI is InChI=1S/C20H12F8N2O/c21-15-7-10-1-3-13(18(31)30(6-5-29)17(10)9-16(15)22)12-4-2-11(19(23,24)25)8-14(12)20(26,27)28/h2,4,7-9,13H,1,3,6H2. The van der Waals surface area contributed by atoms with E-state index in [9.17, 15) is 39.9 Å². The smallest absolute Gasteiger partial charge is 0.298 e. The molecule has 0 radical (unpaired) electrons. The van der Waals surface area contributed by atoms with E-state index in [1.165, 1.54) is 0 Å². The molecule has 0 saturated heterocycles. The quantitative estimate of drug-likeness (QED) is 0.444. The summed E-state index contributed by atoms with van der Waals surface area (Å²) in [5.74, 6) is -5.17. The first-order valence-electron chi connectivity index (χ1n) is 8.79. The largest absolute Gasteiger partial charge is 0.416 e. The number of halogens is 8. The van der Waals surface area contributed by atoms with Crippen molar-refractivity contribution < 1.29 is 39.9 Å². The lowest BCUT2D eigenvalue weighted by Crippen LogP contribution is -2.35. The molecular formula is C20H12F8N2O.